The molecule has 202 valence electrons. The predicted octanol–water partition coefficient (Wildman–Crippen LogP) is 2.04. The highest BCUT2D eigenvalue weighted by Gasteiger charge is 2.32. The van der Waals surface area contributed by atoms with E-state index in [4.69, 9.17) is 4.74 Å². The third kappa shape index (κ3) is 6.00. The first-order chi connectivity index (χ1) is 17.4. The Kier molecular flexibility index (Phi) is 8.39. The predicted molar refractivity (Wildman–Crippen MR) is 124 cm³/mol. The first kappa shape index (κ1) is 27.5. The first-order valence-electron chi connectivity index (χ1n) is 11.5. The number of halogens is 2. The zero-order valence-corrected chi connectivity index (χ0v) is 20.8. The number of anilines is 1. The van der Waals surface area contributed by atoms with E-state index in [0.29, 0.717) is 31.9 Å². The summed E-state index contributed by atoms with van der Waals surface area (Å²) < 4.78 is 33.5. The van der Waals surface area contributed by atoms with Gasteiger partial charge in [0, 0.05) is 32.4 Å². The maximum atomic E-state index is 13.1. The van der Waals surface area contributed by atoms with Gasteiger partial charge in [0.2, 0.25) is 17.5 Å². The Labute approximate surface area is 210 Å². The van der Waals surface area contributed by atoms with Gasteiger partial charge in [0.15, 0.2) is 0 Å². The third-order valence-electron chi connectivity index (χ3n) is 5.95. The molecule has 1 N–H and O–H groups in total. The molecule has 1 aliphatic rings. The Hall–Kier alpha value is -4.11. The van der Waals surface area contributed by atoms with E-state index < -0.39 is 47.3 Å². The third-order valence-corrected chi connectivity index (χ3v) is 5.95. The van der Waals surface area contributed by atoms with Crippen molar-refractivity contribution in [3.63, 3.8) is 0 Å². The molecule has 2 aromatic heterocycles. The van der Waals surface area contributed by atoms with E-state index in [0.717, 1.165) is 4.68 Å². The van der Waals surface area contributed by atoms with Crippen LogP contribution < -0.4 is 5.32 Å². The highest BCUT2D eigenvalue weighted by Crippen LogP contribution is 2.30. The molecule has 0 aromatic carbocycles. The van der Waals surface area contributed by atoms with Crippen LogP contribution in [0.5, 0.6) is 0 Å². The molecule has 16 heteroatoms. The normalized spacial score (nSPS) is 14.6. The number of aryl methyl sites for hydroxylation is 1. The van der Waals surface area contributed by atoms with Gasteiger partial charge in [0.05, 0.1) is 22.9 Å². The minimum atomic E-state index is -3.17. The molecule has 14 nitrogen and oxygen atoms in total. The van der Waals surface area contributed by atoms with Gasteiger partial charge in [0.25, 0.3) is 6.43 Å². The minimum Gasteiger partial charge on any atom is -0.450 e. The Morgan fingerprint density at radius 3 is 2.32 bits per heavy atom. The molecule has 0 radical (unpaired) electrons. The molecule has 0 saturated carbocycles. The number of piperazine rings is 1. The van der Waals surface area contributed by atoms with Crippen molar-refractivity contribution in [3.8, 4) is 0 Å². The molecule has 3 heterocycles. The lowest BCUT2D eigenvalue weighted by atomic mass is 10.2. The van der Waals surface area contributed by atoms with E-state index in [2.05, 4.69) is 15.5 Å². The second-order valence-electron chi connectivity index (χ2n) is 8.38. The average Bonchev–Trinajstić information content (AvgIpc) is 3.37. The fraction of sp³-hybridized carbons (Fsp3) is 0.571. The molecular formula is C21H28F2N8O6. The molecule has 37 heavy (non-hydrogen) atoms. The second kappa shape index (κ2) is 11.3. The van der Waals surface area contributed by atoms with Gasteiger partial charge < -0.3 is 19.9 Å². The standard InChI is InChI=1S/C21H28F2N8O6/c1-5-37-21(34)28-8-6-27(7-9-28)20(33)14(4)29-10-15(12(2)25-29)24-16(32)11-30-13(3)18(31(35)36)17(26-30)19(22)23/h10,14,19H,5-9,11H2,1-4H3,(H,24,32). The first-order valence-corrected chi connectivity index (χ1v) is 11.5. The van der Waals surface area contributed by atoms with E-state index >= 15 is 0 Å². The van der Waals surface area contributed by atoms with Crippen LogP contribution in [0.3, 0.4) is 0 Å². The topological polar surface area (TPSA) is 158 Å². The van der Waals surface area contributed by atoms with E-state index in [-0.39, 0.29) is 23.9 Å². The number of nitrogens with one attached hydrogen (secondary N) is 1. The van der Waals surface area contributed by atoms with Gasteiger partial charge in [0.1, 0.15) is 18.3 Å². The van der Waals surface area contributed by atoms with Crippen molar-refractivity contribution >= 4 is 29.3 Å². The van der Waals surface area contributed by atoms with Gasteiger partial charge in [-0.3, -0.25) is 29.1 Å². The van der Waals surface area contributed by atoms with Gasteiger partial charge in [-0.2, -0.15) is 10.2 Å². The highest BCUT2D eigenvalue weighted by molar-refractivity contribution is 5.91. The Balaban J connectivity index is 1.64. The lowest BCUT2D eigenvalue weighted by molar-refractivity contribution is -0.386. The minimum absolute atomic E-state index is 0.176. The number of aromatic nitrogens is 4. The van der Waals surface area contributed by atoms with Crippen molar-refractivity contribution in [1.82, 2.24) is 29.4 Å². The van der Waals surface area contributed by atoms with Gasteiger partial charge >= 0.3 is 11.8 Å². The Morgan fingerprint density at radius 1 is 1.16 bits per heavy atom. The van der Waals surface area contributed by atoms with Crippen LogP contribution >= 0.6 is 0 Å². The van der Waals surface area contributed by atoms with E-state index in [1.54, 1.807) is 25.7 Å². The zero-order chi connectivity index (χ0) is 27.4. The van der Waals surface area contributed by atoms with Gasteiger partial charge in [-0.15, -0.1) is 0 Å². The number of carbonyl (C=O) groups is 3. The van der Waals surface area contributed by atoms with Crippen molar-refractivity contribution in [2.75, 3.05) is 38.1 Å². The maximum Gasteiger partial charge on any atom is 0.409 e. The summed E-state index contributed by atoms with van der Waals surface area (Å²) in [4.78, 5) is 50.7. The largest absolute Gasteiger partial charge is 0.450 e. The maximum absolute atomic E-state index is 13.1. The lowest BCUT2D eigenvalue weighted by Crippen LogP contribution is -2.52. The molecule has 2 aromatic rings. The quantitative estimate of drug-likeness (QED) is 0.404. The fourth-order valence-corrected chi connectivity index (χ4v) is 3.92. The number of hydrogen-bond donors (Lipinski definition) is 1. The summed E-state index contributed by atoms with van der Waals surface area (Å²) in [5, 5.41) is 21.5. The van der Waals surface area contributed by atoms with Crippen molar-refractivity contribution in [3.05, 3.63) is 33.4 Å². The van der Waals surface area contributed by atoms with Crippen LogP contribution in [0.25, 0.3) is 0 Å². The SMILES string of the molecule is CCOC(=O)N1CCN(C(=O)C(C)n2cc(NC(=O)Cn3nc(C(F)F)c([N+](=O)[O-])c3C)c(C)n2)CC1. The van der Waals surface area contributed by atoms with Crippen LogP contribution in [0.4, 0.5) is 25.0 Å². The van der Waals surface area contributed by atoms with E-state index in [1.807, 2.05) is 0 Å². The lowest BCUT2D eigenvalue weighted by Gasteiger charge is -2.35. The molecule has 0 bridgehead atoms. The molecule has 3 amide bonds. The molecule has 1 aliphatic heterocycles. The molecule has 0 spiro atoms. The van der Waals surface area contributed by atoms with Crippen LogP contribution in [-0.4, -0.2) is 85.0 Å². The summed E-state index contributed by atoms with van der Waals surface area (Å²) in [6, 6.07) is -0.705. The summed E-state index contributed by atoms with van der Waals surface area (Å²) >= 11 is 0. The number of nitro groups is 1. The highest BCUT2D eigenvalue weighted by atomic mass is 19.3. The van der Waals surface area contributed by atoms with E-state index in [9.17, 15) is 33.3 Å². The second-order valence-corrected chi connectivity index (χ2v) is 8.38. The number of carbonyl (C=O) groups excluding carboxylic acids is 3. The van der Waals surface area contributed by atoms with Crippen molar-refractivity contribution < 1.29 is 32.8 Å². The Bertz CT molecular complexity index is 1190. The summed E-state index contributed by atoms with van der Waals surface area (Å²) in [6.45, 7) is 7.29. The van der Waals surface area contributed by atoms with Crippen LogP contribution in [0.1, 0.15) is 43.4 Å². The number of amides is 3. The number of alkyl halides is 2. The van der Waals surface area contributed by atoms with Crippen LogP contribution in [0.2, 0.25) is 0 Å². The molecule has 3 rings (SSSR count). The van der Waals surface area contributed by atoms with E-state index in [1.165, 1.54) is 22.7 Å². The van der Waals surface area contributed by atoms with Crippen LogP contribution in [-0.2, 0) is 20.9 Å². The van der Waals surface area contributed by atoms with Crippen LogP contribution in [0, 0.1) is 24.0 Å². The number of rotatable bonds is 8. The Morgan fingerprint density at radius 2 is 1.78 bits per heavy atom. The number of hydrogen-bond acceptors (Lipinski definition) is 8. The fourth-order valence-electron chi connectivity index (χ4n) is 3.92. The summed E-state index contributed by atoms with van der Waals surface area (Å²) in [6.07, 6.45) is -2.12. The molecule has 1 saturated heterocycles. The van der Waals surface area contributed by atoms with Crippen molar-refractivity contribution in [1.29, 1.82) is 0 Å². The molecular weight excluding hydrogens is 498 g/mol. The van der Waals surface area contributed by atoms with Crippen LogP contribution in [0.15, 0.2) is 6.20 Å². The summed E-state index contributed by atoms with van der Waals surface area (Å²) in [5.74, 6) is -0.888. The van der Waals surface area contributed by atoms with Crippen molar-refractivity contribution in [2.45, 2.75) is 46.7 Å². The van der Waals surface area contributed by atoms with Gasteiger partial charge in [-0.25, -0.2) is 13.6 Å². The molecule has 0 aliphatic carbocycles. The molecule has 1 fully saturated rings. The summed E-state index contributed by atoms with van der Waals surface area (Å²) in [5.41, 5.74) is -1.33. The van der Waals surface area contributed by atoms with Gasteiger partial charge in [-0.05, 0) is 27.7 Å². The number of nitrogens with zero attached hydrogens (tertiary/aromatic N) is 7. The summed E-state index contributed by atoms with van der Waals surface area (Å²) in [7, 11) is 0. The molecule has 1 atom stereocenters. The number of ether oxygens (including phenoxy) is 1. The monoisotopic (exact) mass is 526 g/mol. The molecule has 1 unspecified atom stereocenters. The van der Waals surface area contributed by atoms with Gasteiger partial charge in [-0.1, -0.05) is 0 Å². The van der Waals surface area contributed by atoms with Crippen molar-refractivity contribution in [2.24, 2.45) is 0 Å². The average molecular weight is 527 g/mol. The smallest absolute Gasteiger partial charge is 0.409 e. The zero-order valence-electron chi connectivity index (χ0n) is 20.8.